The molecule has 0 saturated carbocycles. The SMILES string of the molecule is COC(=O)N[C@H](C(=O)N1CCC[C@H]1c1nc(-c2ccc([C@@H]3CC[C@@H](c4ccc(-c5c[nH]c([C@@H]6CCCN6C(=O)[C@H](C(C)C)N(C)C(=O)O)n5)cc4)N3c3ccc(C(F)(F)F)cc3)cc2)c[nH]1)C(C)C. The number of alkyl halides is 3. The molecule has 69 heavy (non-hydrogen) atoms. The Hall–Kier alpha value is -6.85. The number of halogens is 3. The summed E-state index contributed by atoms with van der Waals surface area (Å²) in [6.07, 6.45) is 1.77. The monoisotopic (exact) mass is 951 g/mol. The minimum Gasteiger partial charge on any atom is -0.465 e. The van der Waals surface area contributed by atoms with Crippen LogP contribution >= 0.6 is 0 Å². The second-order valence-corrected chi connectivity index (χ2v) is 19.0. The molecule has 2 aromatic heterocycles. The molecule has 0 bridgehead atoms. The molecule has 0 radical (unpaired) electrons. The summed E-state index contributed by atoms with van der Waals surface area (Å²) < 4.78 is 46.0. The van der Waals surface area contributed by atoms with Gasteiger partial charge in [-0.05, 0) is 85.8 Å². The van der Waals surface area contributed by atoms with Crippen molar-refractivity contribution in [2.24, 2.45) is 11.8 Å². The van der Waals surface area contributed by atoms with Crippen LogP contribution in [-0.2, 0) is 20.5 Å². The van der Waals surface area contributed by atoms with E-state index in [4.69, 9.17) is 14.7 Å². The van der Waals surface area contributed by atoms with Crippen molar-refractivity contribution in [1.82, 2.24) is 40.0 Å². The lowest BCUT2D eigenvalue weighted by atomic mass is 10.0. The predicted molar refractivity (Wildman–Crippen MR) is 253 cm³/mol. The number of carbonyl (C=O) groups excluding carboxylic acids is 3. The van der Waals surface area contributed by atoms with Crippen LogP contribution in [0, 0.1) is 11.8 Å². The third kappa shape index (κ3) is 10.0. The lowest BCUT2D eigenvalue weighted by Crippen LogP contribution is -2.51. The summed E-state index contributed by atoms with van der Waals surface area (Å²) in [5, 5.41) is 12.4. The van der Waals surface area contributed by atoms with Crippen LogP contribution in [0.15, 0.2) is 85.2 Å². The van der Waals surface area contributed by atoms with Crippen LogP contribution in [0.25, 0.3) is 22.5 Å². The highest BCUT2D eigenvalue weighted by atomic mass is 19.4. The topological polar surface area (TPSA) is 180 Å². The first-order valence-electron chi connectivity index (χ1n) is 23.6. The van der Waals surface area contributed by atoms with Crippen molar-refractivity contribution in [3.8, 4) is 22.5 Å². The van der Waals surface area contributed by atoms with Crippen LogP contribution in [0.2, 0.25) is 0 Å². The Morgan fingerprint density at radius 3 is 1.61 bits per heavy atom. The highest BCUT2D eigenvalue weighted by Crippen LogP contribution is 2.48. The maximum atomic E-state index is 13.8. The summed E-state index contributed by atoms with van der Waals surface area (Å²) in [5.41, 5.74) is 5.03. The number of amides is 4. The van der Waals surface area contributed by atoms with E-state index in [2.05, 4.69) is 20.2 Å². The predicted octanol–water partition coefficient (Wildman–Crippen LogP) is 9.91. The van der Waals surface area contributed by atoms with E-state index in [1.54, 1.807) is 21.9 Å². The number of ether oxygens (including phenoxy) is 1. The van der Waals surface area contributed by atoms with Crippen molar-refractivity contribution < 1.29 is 42.2 Å². The quantitative estimate of drug-likeness (QED) is 0.0894. The number of likely N-dealkylation sites (N-methyl/N-ethyl adjacent to an activating group) is 1. The summed E-state index contributed by atoms with van der Waals surface area (Å²) in [6, 6.07) is 18.9. The van der Waals surface area contributed by atoms with Crippen LogP contribution in [0.1, 0.15) is 119 Å². The Morgan fingerprint density at radius 1 is 0.710 bits per heavy atom. The first-order chi connectivity index (χ1) is 32.9. The number of hydrogen-bond acceptors (Lipinski definition) is 8. The Morgan fingerprint density at radius 2 is 1.19 bits per heavy atom. The minimum atomic E-state index is -4.48. The second kappa shape index (κ2) is 20.0. The molecule has 5 heterocycles. The number of rotatable bonds is 13. The van der Waals surface area contributed by atoms with E-state index in [-0.39, 0.29) is 47.8 Å². The van der Waals surface area contributed by atoms with E-state index in [1.165, 1.54) is 14.2 Å². The zero-order valence-corrected chi connectivity index (χ0v) is 39.7. The molecule has 4 N–H and O–H groups in total. The van der Waals surface area contributed by atoms with Gasteiger partial charge < -0.3 is 39.8 Å². The molecular formula is C51H60F3N9O6. The molecule has 3 aliphatic rings. The van der Waals surface area contributed by atoms with Crippen molar-refractivity contribution >= 4 is 29.7 Å². The Labute approximate surface area is 399 Å². The fourth-order valence-corrected chi connectivity index (χ4v) is 10.4. The minimum absolute atomic E-state index is 0.155. The number of imidazole rings is 2. The standard InChI is InChI=1S/C51H60F3N9O6/c1-29(2)43(59-49(66)69-6)47(64)61-25-7-9-41(61)45-55-27-37(57-45)31-11-15-33(16-12-31)39-23-24-40(63(39)36-21-19-35(20-22-36)51(52,53)54)34-17-13-32(14-18-34)38-28-56-46(58-38)42-10-8-26-62(42)48(65)44(30(3)4)60(5)50(67)68/h11-22,27-30,39-44H,7-10,23-26H2,1-6H3,(H,55,57)(H,56,58)(H,59,66)(H,67,68)/t39-,40-,41-,42-,43-,44-/m0/s1. The number of nitrogens with zero attached hydrogens (tertiary/aromatic N) is 6. The Kier molecular flexibility index (Phi) is 14.1. The molecule has 0 spiro atoms. The summed E-state index contributed by atoms with van der Waals surface area (Å²) in [6.45, 7) is 8.45. The number of H-pyrrole nitrogens is 2. The molecule has 0 aliphatic carbocycles. The van der Waals surface area contributed by atoms with E-state index >= 15 is 0 Å². The van der Waals surface area contributed by atoms with Crippen LogP contribution in [-0.4, -0.2) is 103 Å². The summed E-state index contributed by atoms with van der Waals surface area (Å²) in [5.74, 6) is 0.464. The third-order valence-corrected chi connectivity index (χ3v) is 14.0. The van der Waals surface area contributed by atoms with Crippen LogP contribution in [0.3, 0.4) is 0 Å². The summed E-state index contributed by atoms with van der Waals surface area (Å²) in [4.78, 5) is 74.5. The molecule has 18 heteroatoms. The van der Waals surface area contributed by atoms with Crippen molar-refractivity contribution in [1.29, 1.82) is 0 Å². The highest BCUT2D eigenvalue weighted by Gasteiger charge is 2.41. The van der Waals surface area contributed by atoms with Gasteiger partial charge in [0.05, 0.1) is 48.2 Å². The molecule has 3 fully saturated rings. The summed E-state index contributed by atoms with van der Waals surface area (Å²) in [7, 11) is 2.69. The number of aromatic nitrogens is 4. The van der Waals surface area contributed by atoms with E-state index in [9.17, 15) is 37.5 Å². The van der Waals surface area contributed by atoms with Gasteiger partial charge in [-0.1, -0.05) is 76.2 Å². The molecule has 3 saturated heterocycles. The molecule has 3 aliphatic heterocycles. The largest absolute Gasteiger partial charge is 0.465 e. The third-order valence-electron chi connectivity index (χ3n) is 14.0. The maximum Gasteiger partial charge on any atom is 0.416 e. The van der Waals surface area contributed by atoms with Crippen molar-refractivity contribution in [2.75, 3.05) is 32.1 Å². The van der Waals surface area contributed by atoms with Gasteiger partial charge in [0.2, 0.25) is 11.8 Å². The first kappa shape index (κ1) is 48.6. The van der Waals surface area contributed by atoms with Gasteiger partial charge in [0.25, 0.3) is 0 Å². The maximum absolute atomic E-state index is 13.8. The lowest BCUT2D eigenvalue weighted by molar-refractivity contribution is -0.139. The van der Waals surface area contributed by atoms with Gasteiger partial charge in [0.1, 0.15) is 23.7 Å². The molecular weight excluding hydrogens is 892 g/mol. The number of alkyl carbamates (subject to hydrolysis) is 1. The van der Waals surface area contributed by atoms with Gasteiger partial charge in [-0.25, -0.2) is 19.6 Å². The Balaban J connectivity index is 1.01. The molecule has 366 valence electrons. The number of nitrogens with one attached hydrogen (secondary N) is 3. The number of carboxylic acid groups (broad SMARTS) is 1. The lowest BCUT2D eigenvalue weighted by Gasteiger charge is -2.33. The van der Waals surface area contributed by atoms with Crippen molar-refractivity contribution in [3.63, 3.8) is 0 Å². The normalized spacial score (nSPS) is 20.4. The van der Waals surface area contributed by atoms with E-state index in [0.29, 0.717) is 54.7 Å². The molecule has 0 unspecified atom stereocenters. The number of hydrogen-bond donors (Lipinski definition) is 4. The smallest absolute Gasteiger partial charge is 0.416 e. The molecule has 3 aromatic carbocycles. The first-order valence-corrected chi connectivity index (χ1v) is 23.6. The number of benzene rings is 3. The zero-order chi connectivity index (χ0) is 49.3. The number of anilines is 1. The van der Waals surface area contributed by atoms with E-state index < -0.39 is 36.0 Å². The molecule has 6 atom stereocenters. The summed E-state index contributed by atoms with van der Waals surface area (Å²) >= 11 is 0. The van der Waals surface area contributed by atoms with Gasteiger partial charge >= 0.3 is 18.4 Å². The van der Waals surface area contributed by atoms with Crippen LogP contribution < -0.4 is 10.2 Å². The Bertz CT molecular complexity index is 2610. The molecule has 5 aromatic rings. The number of likely N-dealkylation sites (tertiary alicyclic amines) is 2. The molecule has 8 rings (SSSR count). The van der Waals surface area contributed by atoms with E-state index in [1.807, 2.05) is 88.6 Å². The molecule has 15 nitrogen and oxygen atoms in total. The van der Waals surface area contributed by atoms with Crippen LogP contribution in [0.4, 0.5) is 28.4 Å². The van der Waals surface area contributed by atoms with Gasteiger partial charge in [-0.3, -0.25) is 14.5 Å². The number of carbonyl (C=O) groups is 4. The van der Waals surface area contributed by atoms with Crippen molar-refractivity contribution in [2.45, 2.75) is 109 Å². The second-order valence-electron chi connectivity index (χ2n) is 19.0. The van der Waals surface area contributed by atoms with Gasteiger partial charge in [0, 0.05) is 49.3 Å². The van der Waals surface area contributed by atoms with Crippen LogP contribution in [0.5, 0.6) is 0 Å². The average molecular weight is 952 g/mol. The fraction of sp³-hybridized carbons (Fsp3) is 0.451. The van der Waals surface area contributed by atoms with Crippen molar-refractivity contribution in [3.05, 3.63) is 114 Å². The fourth-order valence-electron chi connectivity index (χ4n) is 10.4. The number of aromatic amines is 2. The van der Waals surface area contributed by atoms with Gasteiger partial charge in [-0.2, -0.15) is 13.2 Å². The highest BCUT2D eigenvalue weighted by molar-refractivity contribution is 5.87. The van der Waals surface area contributed by atoms with Gasteiger partial charge in [0.15, 0.2) is 0 Å². The molecule has 4 amide bonds. The zero-order valence-electron chi connectivity index (χ0n) is 39.7. The average Bonchev–Trinajstić information content (AvgIpc) is 4.20. The number of methoxy groups -OCH3 is 1. The van der Waals surface area contributed by atoms with Gasteiger partial charge in [-0.15, -0.1) is 0 Å². The van der Waals surface area contributed by atoms with E-state index in [0.717, 1.165) is 65.0 Å².